The highest BCUT2D eigenvalue weighted by atomic mass is 16.5. The molecule has 0 aliphatic carbocycles. The number of aliphatic hydroxyl groups excluding tert-OH is 2. The van der Waals surface area contributed by atoms with E-state index in [1.54, 1.807) is 7.11 Å². The van der Waals surface area contributed by atoms with Crippen LogP contribution in [-0.2, 0) is 22.6 Å². The summed E-state index contributed by atoms with van der Waals surface area (Å²) < 4.78 is 24.2. The maximum Gasteiger partial charge on any atom is 0.119 e. The lowest BCUT2D eigenvalue weighted by Crippen LogP contribution is -2.43. The number of aromatic nitrogens is 2. The standard InChI is InChI=1S/C67H65N5O5/c1-75-57-40-38-50(39-41-57)68(42-55(73)48-76-58(44-69(51-22-6-2-7-23-51)52-24-8-3-9-25-52)46-71-64-34-18-14-30-60(64)61-31-15-19-35-65(61)71)43-56(74)49-77-59(45-70(53-26-10-4-11-27-53)54-28-12-5-13-29-54)47-72-66-36-20-16-32-62(66)63-33-17-21-37-67(63)72/h2-41,55-56,58-59,73-74H,42-49H2,1H3. The van der Waals surface area contributed by atoms with Crippen molar-refractivity contribution in [2.75, 3.05) is 61.2 Å². The fourth-order valence-corrected chi connectivity index (χ4v) is 10.9. The van der Waals surface area contributed by atoms with Gasteiger partial charge in [-0.1, -0.05) is 146 Å². The van der Waals surface area contributed by atoms with Gasteiger partial charge in [0, 0.05) is 85.1 Å². The number of ether oxygens (including phenoxy) is 3. The Kier molecular flexibility index (Phi) is 15.9. The van der Waals surface area contributed by atoms with Crippen LogP contribution in [0.2, 0.25) is 0 Å². The Morgan fingerprint density at radius 1 is 0.351 bits per heavy atom. The average molecular weight is 1020 g/mol. The highest BCUT2D eigenvalue weighted by Crippen LogP contribution is 2.34. The van der Waals surface area contributed by atoms with Crippen molar-refractivity contribution in [2.24, 2.45) is 0 Å². The maximum absolute atomic E-state index is 12.2. The van der Waals surface area contributed by atoms with Gasteiger partial charge in [-0.25, -0.2) is 0 Å². The van der Waals surface area contributed by atoms with Gasteiger partial charge in [0.15, 0.2) is 0 Å². The van der Waals surface area contributed by atoms with Gasteiger partial charge < -0.3 is 48.3 Å². The number of benzene rings is 9. The molecular weight excluding hydrogens is 955 g/mol. The monoisotopic (exact) mass is 1020 g/mol. The van der Waals surface area contributed by atoms with E-state index in [0.717, 1.165) is 50.5 Å². The van der Waals surface area contributed by atoms with Gasteiger partial charge in [-0.15, -0.1) is 0 Å². The Balaban J connectivity index is 0.860. The van der Waals surface area contributed by atoms with Gasteiger partial charge in [-0.3, -0.25) is 0 Å². The Labute approximate surface area is 450 Å². The van der Waals surface area contributed by atoms with E-state index in [0.29, 0.717) is 31.9 Å². The minimum atomic E-state index is -0.930. The number of rotatable bonds is 24. The van der Waals surface area contributed by atoms with Crippen molar-refractivity contribution in [3.05, 3.63) is 243 Å². The summed E-state index contributed by atoms with van der Waals surface area (Å²) in [5, 5.41) is 29.1. The van der Waals surface area contributed by atoms with E-state index in [2.05, 4.69) is 213 Å². The number of fused-ring (bicyclic) bond motifs is 6. The number of para-hydroxylation sites is 8. The molecule has 0 spiro atoms. The highest BCUT2D eigenvalue weighted by molar-refractivity contribution is 6.08. The Morgan fingerprint density at radius 3 is 0.961 bits per heavy atom. The van der Waals surface area contributed by atoms with Crippen LogP contribution in [0.4, 0.5) is 28.4 Å². The zero-order chi connectivity index (χ0) is 52.3. The van der Waals surface area contributed by atoms with Crippen molar-refractivity contribution in [3.63, 3.8) is 0 Å². The lowest BCUT2D eigenvalue weighted by Gasteiger charge is -2.33. The summed E-state index contributed by atoms with van der Waals surface area (Å²) in [6, 6.07) is 83.4. The molecule has 0 aliphatic heterocycles. The fraction of sp³-hybridized carbons (Fsp3) is 0.194. The van der Waals surface area contributed by atoms with Crippen LogP contribution in [0.25, 0.3) is 43.6 Å². The van der Waals surface area contributed by atoms with Crippen LogP contribution in [0.3, 0.4) is 0 Å². The van der Waals surface area contributed by atoms with Crippen LogP contribution in [-0.4, -0.2) is 90.3 Å². The summed E-state index contributed by atoms with van der Waals surface area (Å²) in [6.07, 6.45) is -2.59. The predicted molar refractivity (Wildman–Crippen MR) is 315 cm³/mol. The molecule has 0 amide bonds. The van der Waals surface area contributed by atoms with Gasteiger partial charge in [0.05, 0.1) is 70.9 Å². The molecule has 10 heteroatoms. The third kappa shape index (κ3) is 11.7. The molecule has 0 radical (unpaired) electrons. The average Bonchev–Trinajstić information content (AvgIpc) is 4.02. The first-order valence-electron chi connectivity index (χ1n) is 26.6. The van der Waals surface area contributed by atoms with E-state index in [1.165, 1.54) is 21.5 Å². The smallest absolute Gasteiger partial charge is 0.119 e. The molecule has 9 aromatic carbocycles. The van der Waals surface area contributed by atoms with Crippen LogP contribution in [0.1, 0.15) is 0 Å². The lowest BCUT2D eigenvalue weighted by atomic mass is 10.2. The van der Waals surface area contributed by atoms with Crippen LogP contribution >= 0.6 is 0 Å². The van der Waals surface area contributed by atoms with Crippen molar-refractivity contribution in [3.8, 4) is 5.75 Å². The van der Waals surface area contributed by atoms with E-state index in [-0.39, 0.29) is 38.5 Å². The number of anilines is 5. The van der Waals surface area contributed by atoms with Crippen molar-refractivity contribution in [2.45, 2.75) is 37.5 Å². The largest absolute Gasteiger partial charge is 0.497 e. The molecule has 2 aromatic heterocycles. The summed E-state index contributed by atoms with van der Waals surface area (Å²) in [4.78, 5) is 6.60. The van der Waals surface area contributed by atoms with Crippen molar-refractivity contribution < 1.29 is 24.4 Å². The molecule has 2 heterocycles. The number of aliphatic hydroxyl groups is 2. The third-order valence-corrected chi connectivity index (χ3v) is 14.5. The molecule has 0 aliphatic rings. The second-order valence-electron chi connectivity index (χ2n) is 19.7. The second-order valence-corrected chi connectivity index (χ2v) is 19.7. The molecule has 77 heavy (non-hydrogen) atoms. The van der Waals surface area contributed by atoms with Crippen molar-refractivity contribution in [1.82, 2.24) is 9.13 Å². The summed E-state index contributed by atoms with van der Waals surface area (Å²) in [7, 11) is 1.65. The minimum absolute atomic E-state index is 0.0497. The molecule has 0 saturated heterocycles. The molecule has 2 N–H and O–H groups in total. The van der Waals surface area contributed by atoms with Crippen molar-refractivity contribution in [1.29, 1.82) is 0 Å². The first kappa shape index (κ1) is 50.8. The molecule has 11 rings (SSSR count). The minimum Gasteiger partial charge on any atom is -0.497 e. The van der Waals surface area contributed by atoms with E-state index < -0.39 is 12.2 Å². The van der Waals surface area contributed by atoms with E-state index in [4.69, 9.17) is 14.2 Å². The maximum atomic E-state index is 12.2. The summed E-state index contributed by atoms with van der Waals surface area (Å²) in [5.41, 5.74) is 9.50. The lowest BCUT2D eigenvalue weighted by molar-refractivity contribution is -0.0154. The number of hydrogen-bond acceptors (Lipinski definition) is 8. The van der Waals surface area contributed by atoms with Crippen LogP contribution in [0.5, 0.6) is 5.75 Å². The zero-order valence-corrected chi connectivity index (χ0v) is 43.4. The van der Waals surface area contributed by atoms with E-state index >= 15 is 0 Å². The van der Waals surface area contributed by atoms with E-state index in [1.807, 2.05) is 53.4 Å². The normalized spacial score (nSPS) is 13.2. The molecule has 11 aromatic rings. The molecular formula is C67H65N5O5. The van der Waals surface area contributed by atoms with Gasteiger partial charge in [0.2, 0.25) is 0 Å². The Hall–Kier alpha value is -8.38. The first-order valence-corrected chi connectivity index (χ1v) is 26.6. The van der Waals surface area contributed by atoms with Crippen LogP contribution in [0.15, 0.2) is 243 Å². The van der Waals surface area contributed by atoms with Gasteiger partial charge in [-0.05, 0) is 97.1 Å². The number of methoxy groups -OCH3 is 1. The Morgan fingerprint density at radius 2 is 0.649 bits per heavy atom. The summed E-state index contributed by atoms with van der Waals surface area (Å²) in [5.74, 6) is 0.713. The molecule has 0 saturated carbocycles. The predicted octanol–water partition coefficient (Wildman–Crippen LogP) is 13.3. The zero-order valence-electron chi connectivity index (χ0n) is 43.4. The topological polar surface area (TPSA) is 87.7 Å². The first-order chi connectivity index (χ1) is 38.0. The molecule has 388 valence electrons. The van der Waals surface area contributed by atoms with Gasteiger partial charge in [0.25, 0.3) is 0 Å². The van der Waals surface area contributed by atoms with Crippen LogP contribution < -0.4 is 19.4 Å². The van der Waals surface area contributed by atoms with Crippen molar-refractivity contribution >= 4 is 72.0 Å². The summed E-state index contributed by atoms with van der Waals surface area (Å²) >= 11 is 0. The quantitative estimate of drug-likeness (QED) is 0.0619. The second kappa shape index (κ2) is 24.1. The molecule has 4 unspecified atom stereocenters. The third-order valence-electron chi connectivity index (χ3n) is 14.5. The Bertz CT molecular complexity index is 3210. The highest BCUT2D eigenvalue weighted by Gasteiger charge is 2.26. The molecule has 10 nitrogen and oxygen atoms in total. The SMILES string of the molecule is COc1ccc(N(CC(O)COC(CN(c2ccccc2)c2ccccc2)Cn2c3ccccc3c3ccccc32)CC(O)COC(CN(c2ccccc2)c2ccccc2)Cn2c3ccccc3c3ccccc32)cc1. The number of nitrogens with zero attached hydrogens (tertiary/aromatic N) is 5. The number of hydrogen-bond donors (Lipinski definition) is 2. The molecule has 0 fully saturated rings. The fourth-order valence-electron chi connectivity index (χ4n) is 10.9. The van der Waals surface area contributed by atoms with Crippen LogP contribution in [0, 0.1) is 0 Å². The van der Waals surface area contributed by atoms with Gasteiger partial charge >= 0.3 is 0 Å². The van der Waals surface area contributed by atoms with Gasteiger partial charge in [-0.2, -0.15) is 0 Å². The van der Waals surface area contributed by atoms with E-state index in [9.17, 15) is 10.2 Å². The molecule has 4 atom stereocenters. The summed E-state index contributed by atoms with van der Waals surface area (Å²) in [6.45, 7) is 2.58. The molecule has 0 bridgehead atoms. The van der Waals surface area contributed by atoms with Gasteiger partial charge in [0.1, 0.15) is 5.75 Å².